The van der Waals surface area contributed by atoms with Gasteiger partial charge in [0.15, 0.2) is 0 Å². The molecule has 0 radical (unpaired) electrons. The van der Waals surface area contributed by atoms with Crippen LogP contribution in [0.5, 0.6) is 0 Å². The lowest BCUT2D eigenvalue weighted by Gasteiger charge is -2.27. The van der Waals surface area contributed by atoms with Gasteiger partial charge in [0.1, 0.15) is 5.92 Å². The second kappa shape index (κ2) is 7.80. The number of aliphatic hydroxyl groups excluding tert-OH is 1. The van der Waals surface area contributed by atoms with Gasteiger partial charge in [0.05, 0.1) is 12.2 Å². The number of nitrogens with zero attached hydrogens (tertiary/aromatic N) is 1. The Kier molecular flexibility index (Phi) is 5.77. The first-order valence-electron chi connectivity index (χ1n) is 7.60. The molecule has 0 aliphatic heterocycles. The highest BCUT2D eigenvalue weighted by Gasteiger charge is 2.25. The van der Waals surface area contributed by atoms with Crippen molar-refractivity contribution in [3.8, 4) is 6.07 Å². The molecule has 21 heavy (non-hydrogen) atoms. The molecule has 3 unspecified atom stereocenters. The Balaban J connectivity index is 1.84. The van der Waals surface area contributed by atoms with Crippen molar-refractivity contribution in [1.29, 1.82) is 5.26 Å². The van der Waals surface area contributed by atoms with Crippen LogP contribution in [0.25, 0.3) is 0 Å². The number of amides is 1. The zero-order valence-electron chi connectivity index (χ0n) is 12.2. The summed E-state index contributed by atoms with van der Waals surface area (Å²) in [4.78, 5) is 12.1. The molecule has 1 aliphatic rings. The fourth-order valence-corrected chi connectivity index (χ4v) is 2.83. The lowest BCUT2D eigenvalue weighted by atomic mass is 9.86. The van der Waals surface area contributed by atoms with E-state index in [4.69, 9.17) is 0 Å². The summed E-state index contributed by atoms with van der Waals surface area (Å²) in [5, 5.41) is 21.9. The third-order valence-corrected chi connectivity index (χ3v) is 4.16. The second-order valence-electron chi connectivity index (χ2n) is 5.73. The molecule has 0 spiro atoms. The van der Waals surface area contributed by atoms with Gasteiger partial charge in [-0.3, -0.25) is 4.79 Å². The zero-order chi connectivity index (χ0) is 15.1. The minimum Gasteiger partial charge on any atom is -0.393 e. The molecule has 4 heteroatoms. The van der Waals surface area contributed by atoms with Crippen molar-refractivity contribution >= 4 is 5.91 Å². The molecule has 1 aliphatic carbocycles. The predicted molar refractivity (Wildman–Crippen MR) is 80.2 cm³/mol. The van der Waals surface area contributed by atoms with Crippen molar-refractivity contribution in [2.45, 2.75) is 38.2 Å². The van der Waals surface area contributed by atoms with Crippen molar-refractivity contribution in [2.24, 2.45) is 11.8 Å². The summed E-state index contributed by atoms with van der Waals surface area (Å²) < 4.78 is 0. The highest BCUT2D eigenvalue weighted by molar-refractivity contribution is 5.81. The predicted octanol–water partition coefficient (Wildman–Crippen LogP) is 2.04. The average molecular weight is 286 g/mol. The van der Waals surface area contributed by atoms with Gasteiger partial charge in [0.25, 0.3) is 0 Å². The molecular formula is C17H22N2O2. The Morgan fingerprint density at radius 2 is 2.05 bits per heavy atom. The van der Waals surface area contributed by atoms with Gasteiger partial charge in [-0.05, 0) is 24.8 Å². The maximum atomic E-state index is 12.1. The standard InChI is InChI=1S/C17H22N2O2/c18-11-15(10-13-6-2-1-3-7-13)17(21)19-12-14-8-4-5-9-16(14)20/h1-3,6-7,14-16,20H,4-5,8-10,12H2,(H,19,21). The van der Waals surface area contributed by atoms with Crippen LogP contribution in [0.3, 0.4) is 0 Å². The van der Waals surface area contributed by atoms with Crippen LogP contribution in [0, 0.1) is 23.2 Å². The number of carbonyl (C=O) groups is 1. The van der Waals surface area contributed by atoms with Gasteiger partial charge in [-0.2, -0.15) is 5.26 Å². The number of hydrogen-bond donors (Lipinski definition) is 2. The molecule has 112 valence electrons. The molecule has 0 bridgehead atoms. The lowest BCUT2D eigenvalue weighted by molar-refractivity contribution is -0.123. The monoisotopic (exact) mass is 286 g/mol. The third-order valence-electron chi connectivity index (χ3n) is 4.16. The fraction of sp³-hybridized carbons (Fsp3) is 0.529. The normalized spacial score (nSPS) is 23.0. The van der Waals surface area contributed by atoms with Crippen molar-refractivity contribution < 1.29 is 9.90 Å². The number of hydrogen-bond acceptors (Lipinski definition) is 3. The van der Waals surface area contributed by atoms with Gasteiger partial charge in [0, 0.05) is 12.5 Å². The Bertz CT molecular complexity index is 495. The Labute approximate surface area is 125 Å². The summed E-state index contributed by atoms with van der Waals surface area (Å²) in [6.45, 7) is 0.465. The Hall–Kier alpha value is -1.86. The summed E-state index contributed by atoms with van der Waals surface area (Å²) in [7, 11) is 0. The van der Waals surface area contributed by atoms with Crippen molar-refractivity contribution in [3.63, 3.8) is 0 Å². The third kappa shape index (κ3) is 4.57. The largest absolute Gasteiger partial charge is 0.393 e. The van der Waals surface area contributed by atoms with Gasteiger partial charge in [-0.1, -0.05) is 43.2 Å². The van der Waals surface area contributed by atoms with Crippen molar-refractivity contribution in [2.75, 3.05) is 6.54 Å². The van der Waals surface area contributed by atoms with Crippen LogP contribution >= 0.6 is 0 Å². The van der Waals surface area contributed by atoms with E-state index in [1.165, 1.54) is 0 Å². The van der Waals surface area contributed by atoms with E-state index in [1.807, 2.05) is 30.3 Å². The maximum Gasteiger partial charge on any atom is 0.237 e. The first-order valence-corrected chi connectivity index (χ1v) is 7.60. The van der Waals surface area contributed by atoms with Crippen LogP contribution in [0.1, 0.15) is 31.2 Å². The van der Waals surface area contributed by atoms with E-state index >= 15 is 0 Å². The topological polar surface area (TPSA) is 73.1 Å². The average Bonchev–Trinajstić information content (AvgIpc) is 2.52. The summed E-state index contributed by atoms with van der Waals surface area (Å²) >= 11 is 0. The number of carbonyl (C=O) groups excluding carboxylic acids is 1. The van der Waals surface area contributed by atoms with Crippen LogP contribution in [-0.2, 0) is 11.2 Å². The highest BCUT2D eigenvalue weighted by atomic mass is 16.3. The summed E-state index contributed by atoms with van der Waals surface area (Å²) in [6, 6.07) is 11.6. The van der Waals surface area contributed by atoms with Crippen LogP contribution in [0.4, 0.5) is 0 Å². The number of aliphatic hydroxyl groups is 1. The number of nitriles is 1. The molecule has 2 N–H and O–H groups in total. The molecule has 2 rings (SSSR count). The molecule has 0 saturated heterocycles. The minimum absolute atomic E-state index is 0.124. The number of nitrogens with one attached hydrogen (secondary N) is 1. The highest BCUT2D eigenvalue weighted by Crippen LogP contribution is 2.23. The number of rotatable bonds is 5. The van der Waals surface area contributed by atoms with Crippen molar-refractivity contribution in [1.82, 2.24) is 5.32 Å². The molecule has 1 fully saturated rings. The summed E-state index contributed by atoms with van der Waals surface area (Å²) in [5.74, 6) is -0.786. The molecule has 1 amide bonds. The number of benzene rings is 1. The smallest absolute Gasteiger partial charge is 0.237 e. The molecule has 4 nitrogen and oxygen atoms in total. The van der Waals surface area contributed by atoms with Crippen LogP contribution < -0.4 is 5.32 Å². The van der Waals surface area contributed by atoms with Crippen LogP contribution in [0.15, 0.2) is 30.3 Å². The van der Waals surface area contributed by atoms with E-state index in [2.05, 4.69) is 11.4 Å². The van der Waals surface area contributed by atoms with E-state index in [1.54, 1.807) is 0 Å². The zero-order valence-corrected chi connectivity index (χ0v) is 12.2. The first-order chi connectivity index (χ1) is 10.2. The molecule has 1 saturated carbocycles. The van der Waals surface area contributed by atoms with Gasteiger partial charge in [-0.15, -0.1) is 0 Å². The summed E-state index contributed by atoms with van der Waals surface area (Å²) in [5.41, 5.74) is 0.983. The summed E-state index contributed by atoms with van der Waals surface area (Å²) in [6.07, 6.45) is 4.01. The van der Waals surface area contributed by atoms with Crippen molar-refractivity contribution in [3.05, 3.63) is 35.9 Å². The van der Waals surface area contributed by atoms with Gasteiger partial charge in [-0.25, -0.2) is 0 Å². The fourth-order valence-electron chi connectivity index (χ4n) is 2.83. The molecule has 3 atom stereocenters. The lowest BCUT2D eigenvalue weighted by Crippen LogP contribution is -2.39. The SMILES string of the molecule is N#CC(Cc1ccccc1)C(=O)NCC1CCCCC1O. The quantitative estimate of drug-likeness (QED) is 0.870. The van der Waals surface area contributed by atoms with Gasteiger partial charge >= 0.3 is 0 Å². The molecule has 1 aromatic rings. The molecule has 0 heterocycles. The van der Waals surface area contributed by atoms with E-state index in [0.717, 1.165) is 31.2 Å². The van der Waals surface area contributed by atoms with Crippen LogP contribution in [0.2, 0.25) is 0 Å². The van der Waals surface area contributed by atoms with Crippen LogP contribution in [-0.4, -0.2) is 23.7 Å². The van der Waals surface area contributed by atoms with E-state index < -0.39 is 5.92 Å². The minimum atomic E-state index is -0.673. The maximum absolute atomic E-state index is 12.1. The Morgan fingerprint density at radius 1 is 1.33 bits per heavy atom. The van der Waals surface area contributed by atoms with E-state index in [0.29, 0.717) is 13.0 Å². The van der Waals surface area contributed by atoms with E-state index in [-0.39, 0.29) is 17.9 Å². The van der Waals surface area contributed by atoms with E-state index in [9.17, 15) is 15.2 Å². The second-order valence-corrected chi connectivity index (χ2v) is 5.73. The Morgan fingerprint density at radius 3 is 2.71 bits per heavy atom. The van der Waals surface area contributed by atoms with Gasteiger partial charge in [0.2, 0.25) is 5.91 Å². The van der Waals surface area contributed by atoms with Gasteiger partial charge < -0.3 is 10.4 Å². The first kappa shape index (κ1) is 15.5. The molecule has 1 aromatic carbocycles. The molecular weight excluding hydrogens is 264 g/mol. The molecule has 0 aromatic heterocycles.